The number of rotatable bonds is 3. The van der Waals surface area contributed by atoms with Gasteiger partial charge in [-0.2, -0.15) is 5.26 Å². The van der Waals surface area contributed by atoms with Gasteiger partial charge in [-0.15, -0.1) is 0 Å². The van der Waals surface area contributed by atoms with E-state index in [1.54, 1.807) is 12.1 Å². The maximum Gasteiger partial charge on any atom is 0.150 e. The number of carbonyl (C=O) groups is 1. The lowest BCUT2D eigenvalue weighted by molar-refractivity contribution is 0.112. The molecule has 22 heavy (non-hydrogen) atoms. The van der Waals surface area contributed by atoms with E-state index in [9.17, 15) is 9.18 Å². The normalized spacial score (nSPS) is 12.0. The minimum absolute atomic E-state index is 0.0453. The van der Waals surface area contributed by atoms with E-state index in [1.807, 2.05) is 42.0 Å². The lowest BCUT2D eigenvalue weighted by Crippen LogP contribution is -2.06. The molecule has 2 aromatic carbocycles. The molecule has 0 bridgehead atoms. The SMILES string of the molecule is CC(c1ccc(C#N)c(F)c1)n1ccc2cc(C=O)ccc21. The van der Waals surface area contributed by atoms with Gasteiger partial charge in [-0.25, -0.2) is 4.39 Å². The molecule has 3 rings (SSSR count). The average Bonchev–Trinajstić information content (AvgIpc) is 2.96. The van der Waals surface area contributed by atoms with Gasteiger partial charge in [-0.05, 0) is 48.9 Å². The standard InChI is InChI=1S/C18H13FN2O/c1-12(14-3-4-16(10-20)17(19)9-14)21-7-6-15-8-13(11-22)2-5-18(15)21/h2-9,11-12H,1H3. The van der Waals surface area contributed by atoms with Crippen molar-refractivity contribution in [1.82, 2.24) is 4.57 Å². The van der Waals surface area contributed by atoms with Crippen LogP contribution in [-0.4, -0.2) is 10.9 Å². The predicted octanol–water partition coefficient (Wildman–Crippen LogP) is 4.07. The number of benzene rings is 2. The molecule has 0 fully saturated rings. The molecule has 0 radical (unpaired) electrons. The Bertz CT molecular complexity index is 905. The zero-order chi connectivity index (χ0) is 15.7. The second-order valence-corrected chi connectivity index (χ2v) is 5.19. The Morgan fingerprint density at radius 2 is 2.05 bits per heavy atom. The summed E-state index contributed by atoms with van der Waals surface area (Å²) in [6.07, 6.45) is 2.73. The van der Waals surface area contributed by atoms with E-state index < -0.39 is 5.82 Å². The highest BCUT2D eigenvalue weighted by Crippen LogP contribution is 2.26. The largest absolute Gasteiger partial charge is 0.340 e. The van der Waals surface area contributed by atoms with Crippen LogP contribution >= 0.6 is 0 Å². The zero-order valence-electron chi connectivity index (χ0n) is 12.0. The van der Waals surface area contributed by atoms with Gasteiger partial charge in [0.05, 0.1) is 11.6 Å². The Kier molecular flexibility index (Phi) is 3.48. The Labute approximate surface area is 127 Å². The molecule has 3 aromatic rings. The van der Waals surface area contributed by atoms with Crippen molar-refractivity contribution in [3.63, 3.8) is 0 Å². The zero-order valence-corrected chi connectivity index (χ0v) is 12.0. The summed E-state index contributed by atoms with van der Waals surface area (Å²) in [7, 11) is 0. The molecule has 1 aromatic heterocycles. The van der Waals surface area contributed by atoms with Crippen LogP contribution in [0.5, 0.6) is 0 Å². The number of nitrogens with zero attached hydrogens (tertiary/aromatic N) is 2. The lowest BCUT2D eigenvalue weighted by Gasteiger charge is -2.16. The molecule has 4 heteroatoms. The smallest absolute Gasteiger partial charge is 0.150 e. The van der Waals surface area contributed by atoms with Gasteiger partial charge in [0, 0.05) is 22.7 Å². The molecule has 0 aliphatic rings. The van der Waals surface area contributed by atoms with E-state index >= 15 is 0 Å². The number of hydrogen-bond acceptors (Lipinski definition) is 2. The average molecular weight is 292 g/mol. The van der Waals surface area contributed by atoms with Crippen LogP contribution in [0.2, 0.25) is 0 Å². The molecular formula is C18H13FN2O. The van der Waals surface area contributed by atoms with Gasteiger partial charge < -0.3 is 4.57 Å². The molecule has 0 spiro atoms. The molecule has 1 unspecified atom stereocenters. The van der Waals surface area contributed by atoms with Crippen LogP contribution in [0, 0.1) is 17.1 Å². The first-order valence-electron chi connectivity index (χ1n) is 6.89. The van der Waals surface area contributed by atoms with E-state index in [2.05, 4.69) is 0 Å². The van der Waals surface area contributed by atoms with E-state index in [-0.39, 0.29) is 11.6 Å². The van der Waals surface area contributed by atoms with Crippen LogP contribution in [0.3, 0.4) is 0 Å². The van der Waals surface area contributed by atoms with Gasteiger partial charge in [0.15, 0.2) is 0 Å². The van der Waals surface area contributed by atoms with Crippen molar-refractivity contribution in [1.29, 1.82) is 5.26 Å². The fourth-order valence-corrected chi connectivity index (χ4v) is 2.64. The van der Waals surface area contributed by atoms with Crippen LogP contribution in [0.25, 0.3) is 10.9 Å². The van der Waals surface area contributed by atoms with Crippen LogP contribution in [0.15, 0.2) is 48.7 Å². The van der Waals surface area contributed by atoms with E-state index in [0.29, 0.717) is 5.56 Å². The summed E-state index contributed by atoms with van der Waals surface area (Å²) in [5.74, 6) is -0.508. The summed E-state index contributed by atoms with van der Waals surface area (Å²) < 4.78 is 15.8. The molecule has 0 saturated carbocycles. The second-order valence-electron chi connectivity index (χ2n) is 5.19. The van der Waals surface area contributed by atoms with Gasteiger partial charge in [0.1, 0.15) is 18.2 Å². The summed E-state index contributed by atoms with van der Waals surface area (Å²) in [6.45, 7) is 1.97. The van der Waals surface area contributed by atoms with Crippen LogP contribution in [-0.2, 0) is 0 Å². The number of aldehydes is 1. The van der Waals surface area contributed by atoms with E-state index in [0.717, 1.165) is 22.8 Å². The fraction of sp³-hybridized carbons (Fsp3) is 0.111. The first-order chi connectivity index (χ1) is 10.6. The lowest BCUT2D eigenvalue weighted by atomic mass is 10.1. The van der Waals surface area contributed by atoms with Crippen molar-refractivity contribution < 1.29 is 9.18 Å². The molecule has 1 atom stereocenters. The molecule has 0 amide bonds. The van der Waals surface area contributed by atoms with Gasteiger partial charge in [-0.3, -0.25) is 4.79 Å². The summed E-state index contributed by atoms with van der Waals surface area (Å²) in [6, 6.07) is 13.8. The number of halogens is 1. The van der Waals surface area contributed by atoms with Crippen molar-refractivity contribution in [2.24, 2.45) is 0 Å². The van der Waals surface area contributed by atoms with Crippen LogP contribution < -0.4 is 0 Å². The third-order valence-electron chi connectivity index (χ3n) is 3.89. The van der Waals surface area contributed by atoms with Crippen LogP contribution in [0.1, 0.15) is 34.5 Å². The van der Waals surface area contributed by atoms with Crippen molar-refractivity contribution >= 4 is 17.2 Å². The topological polar surface area (TPSA) is 45.8 Å². The quantitative estimate of drug-likeness (QED) is 0.683. The number of hydrogen-bond donors (Lipinski definition) is 0. The summed E-state index contributed by atoms with van der Waals surface area (Å²) in [5, 5.41) is 9.76. The molecule has 0 N–H and O–H groups in total. The summed E-state index contributed by atoms with van der Waals surface area (Å²) in [4.78, 5) is 10.8. The Morgan fingerprint density at radius 1 is 1.23 bits per heavy atom. The fourth-order valence-electron chi connectivity index (χ4n) is 2.64. The molecule has 0 aliphatic carbocycles. The highest BCUT2D eigenvalue weighted by molar-refractivity contribution is 5.87. The Balaban J connectivity index is 2.05. The van der Waals surface area contributed by atoms with Crippen LogP contribution in [0.4, 0.5) is 4.39 Å². The monoisotopic (exact) mass is 292 g/mol. The van der Waals surface area contributed by atoms with E-state index in [4.69, 9.17) is 5.26 Å². The van der Waals surface area contributed by atoms with Gasteiger partial charge in [0.25, 0.3) is 0 Å². The van der Waals surface area contributed by atoms with E-state index in [1.165, 1.54) is 12.1 Å². The number of fused-ring (bicyclic) bond motifs is 1. The maximum atomic E-state index is 13.8. The maximum absolute atomic E-state index is 13.8. The molecule has 108 valence electrons. The van der Waals surface area contributed by atoms with Crippen molar-refractivity contribution in [2.45, 2.75) is 13.0 Å². The minimum Gasteiger partial charge on any atom is -0.340 e. The predicted molar refractivity (Wildman–Crippen MR) is 82.3 cm³/mol. The van der Waals surface area contributed by atoms with Crippen molar-refractivity contribution in [3.8, 4) is 6.07 Å². The highest BCUT2D eigenvalue weighted by atomic mass is 19.1. The third kappa shape index (κ3) is 2.27. The van der Waals surface area contributed by atoms with Crippen molar-refractivity contribution in [2.75, 3.05) is 0 Å². The number of aromatic nitrogens is 1. The third-order valence-corrected chi connectivity index (χ3v) is 3.89. The molecule has 0 saturated heterocycles. The molecule has 3 nitrogen and oxygen atoms in total. The Morgan fingerprint density at radius 3 is 2.73 bits per heavy atom. The molecular weight excluding hydrogens is 279 g/mol. The first kappa shape index (κ1) is 14.0. The minimum atomic E-state index is -0.508. The van der Waals surface area contributed by atoms with Gasteiger partial charge in [0.2, 0.25) is 0 Å². The highest BCUT2D eigenvalue weighted by Gasteiger charge is 2.13. The molecule has 1 heterocycles. The summed E-state index contributed by atoms with van der Waals surface area (Å²) in [5.41, 5.74) is 2.43. The van der Waals surface area contributed by atoms with Gasteiger partial charge >= 0.3 is 0 Å². The van der Waals surface area contributed by atoms with Gasteiger partial charge in [-0.1, -0.05) is 6.07 Å². The number of nitriles is 1. The first-order valence-corrected chi connectivity index (χ1v) is 6.89. The van der Waals surface area contributed by atoms with Crippen molar-refractivity contribution in [3.05, 3.63) is 71.2 Å². The molecule has 0 aliphatic heterocycles. The number of carbonyl (C=O) groups excluding carboxylic acids is 1. The second kappa shape index (κ2) is 5.45. The summed E-state index contributed by atoms with van der Waals surface area (Å²) >= 11 is 0. The Hall–Kier alpha value is -2.93.